The van der Waals surface area contributed by atoms with E-state index in [2.05, 4.69) is 4.98 Å². The topological polar surface area (TPSA) is 53.5 Å². The molecule has 0 atom stereocenters. The molecule has 5 nitrogen and oxygen atoms in total. The molecule has 12 heteroatoms. The molecule has 2 aromatic carbocycles. The normalized spacial score (nSPS) is 15.2. The third-order valence-corrected chi connectivity index (χ3v) is 8.69. The third-order valence-electron chi connectivity index (χ3n) is 5.82. The lowest BCUT2D eigenvalue weighted by Crippen LogP contribution is -2.49. The number of halogens is 5. The summed E-state index contributed by atoms with van der Waals surface area (Å²) in [5.74, 6) is -11.7. The van der Waals surface area contributed by atoms with Crippen molar-refractivity contribution in [3.63, 3.8) is 0 Å². The van der Waals surface area contributed by atoms with Gasteiger partial charge in [-0.2, -0.15) is 4.31 Å². The van der Waals surface area contributed by atoms with Crippen molar-refractivity contribution < 1.29 is 30.4 Å². The molecule has 1 aromatic heterocycles. The average Bonchev–Trinajstić information content (AvgIpc) is 3.28. The molecule has 0 unspecified atom stereocenters. The number of nitrogens with zero attached hydrogens (tertiary/aromatic N) is 3. The van der Waals surface area contributed by atoms with E-state index < -0.39 is 44.0 Å². The molecule has 1 saturated heterocycles. The van der Waals surface area contributed by atoms with Crippen LogP contribution in [0, 0.1) is 42.9 Å². The number of anilines is 1. The van der Waals surface area contributed by atoms with Crippen molar-refractivity contribution in [3.05, 3.63) is 75.0 Å². The molecule has 4 rings (SSSR count). The molecule has 1 aliphatic rings. The van der Waals surface area contributed by atoms with Gasteiger partial charge in [-0.25, -0.2) is 35.4 Å². The third kappa shape index (κ3) is 4.29. The Bertz CT molecular complexity index is 1300. The Morgan fingerprint density at radius 1 is 0.882 bits per heavy atom. The fourth-order valence-corrected chi connectivity index (χ4v) is 6.31. The molecular formula is C22H20F5N3O2S2. The second-order valence-corrected chi connectivity index (χ2v) is 10.7. The molecule has 1 aliphatic heterocycles. The summed E-state index contributed by atoms with van der Waals surface area (Å²) >= 11 is 1.39. The zero-order valence-corrected chi connectivity index (χ0v) is 19.8. The Morgan fingerprint density at radius 3 is 1.97 bits per heavy atom. The van der Waals surface area contributed by atoms with Gasteiger partial charge in [-0.15, -0.1) is 11.3 Å². The molecule has 1 fully saturated rings. The highest BCUT2D eigenvalue weighted by Gasteiger charge is 2.38. The lowest BCUT2D eigenvalue weighted by atomic mass is 9.99. The quantitative estimate of drug-likeness (QED) is 0.283. The first kappa shape index (κ1) is 24.6. The van der Waals surface area contributed by atoms with E-state index in [1.54, 1.807) is 0 Å². The van der Waals surface area contributed by atoms with Crippen LogP contribution < -0.4 is 4.90 Å². The van der Waals surface area contributed by atoms with Gasteiger partial charge in [0.15, 0.2) is 33.3 Å². The number of sulfonamides is 1. The first-order valence-electron chi connectivity index (χ1n) is 10.3. The minimum absolute atomic E-state index is 0.144. The largest absolute Gasteiger partial charge is 0.345 e. The minimum Gasteiger partial charge on any atom is -0.345 e. The van der Waals surface area contributed by atoms with Crippen LogP contribution in [0.4, 0.5) is 27.1 Å². The summed E-state index contributed by atoms with van der Waals surface area (Å²) < 4.78 is 94.7. The maximum absolute atomic E-state index is 14.1. The lowest BCUT2D eigenvalue weighted by molar-refractivity contribution is 0.344. The van der Waals surface area contributed by atoms with Gasteiger partial charge in [0.05, 0.1) is 5.69 Å². The van der Waals surface area contributed by atoms with Crippen molar-refractivity contribution in [1.29, 1.82) is 0 Å². The van der Waals surface area contributed by atoms with Gasteiger partial charge in [-0.1, -0.05) is 18.2 Å². The van der Waals surface area contributed by atoms with Crippen LogP contribution in [0.15, 0.2) is 28.5 Å². The number of aromatic nitrogens is 1. The van der Waals surface area contributed by atoms with Crippen molar-refractivity contribution in [1.82, 2.24) is 9.29 Å². The molecule has 3 aromatic rings. The lowest BCUT2D eigenvalue weighted by Gasteiger charge is -2.33. The van der Waals surface area contributed by atoms with Crippen LogP contribution in [0.25, 0.3) is 0 Å². The molecule has 0 spiro atoms. The van der Waals surface area contributed by atoms with Gasteiger partial charge in [0.1, 0.15) is 0 Å². The van der Waals surface area contributed by atoms with Crippen LogP contribution in [0.5, 0.6) is 0 Å². The highest BCUT2D eigenvalue weighted by molar-refractivity contribution is 7.89. The molecule has 0 amide bonds. The van der Waals surface area contributed by atoms with Crippen LogP contribution in [-0.4, -0.2) is 43.9 Å². The molecule has 182 valence electrons. The number of piperazine rings is 1. The van der Waals surface area contributed by atoms with Crippen molar-refractivity contribution in [2.24, 2.45) is 0 Å². The zero-order valence-electron chi connectivity index (χ0n) is 18.2. The van der Waals surface area contributed by atoms with E-state index in [-0.39, 0.29) is 26.2 Å². The highest BCUT2D eigenvalue weighted by Crippen LogP contribution is 2.31. The molecule has 0 bridgehead atoms. The zero-order chi connectivity index (χ0) is 24.8. The van der Waals surface area contributed by atoms with Crippen molar-refractivity contribution >= 4 is 26.5 Å². The summed E-state index contributed by atoms with van der Waals surface area (Å²) in [6.07, 6.45) is 0.642. The van der Waals surface area contributed by atoms with Crippen LogP contribution in [-0.2, 0) is 16.4 Å². The first-order chi connectivity index (χ1) is 16.0. The number of rotatable bonds is 5. The Labute approximate surface area is 197 Å². The van der Waals surface area contributed by atoms with Crippen molar-refractivity contribution in [2.45, 2.75) is 25.2 Å². The number of thiazole rings is 1. The summed E-state index contributed by atoms with van der Waals surface area (Å²) in [7, 11) is -4.94. The van der Waals surface area contributed by atoms with Crippen LogP contribution in [0.2, 0.25) is 0 Å². The standard InChI is InChI=1S/C22H20F5N3O2S2/c1-12-4-3-5-13(2)15(12)10-14-11-33-22(28-14)29-6-8-30(9-7-29)34(31,32)21-19(26)17(24)16(23)18(25)20(21)27/h3-5,11H,6-10H2,1-2H3. The van der Waals surface area contributed by atoms with Crippen molar-refractivity contribution in [2.75, 3.05) is 31.1 Å². The van der Waals surface area contributed by atoms with Gasteiger partial charge >= 0.3 is 0 Å². The summed E-state index contributed by atoms with van der Waals surface area (Å²) in [4.78, 5) is 4.63. The molecule has 2 heterocycles. The van der Waals surface area contributed by atoms with E-state index in [1.807, 2.05) is 42.3 Å². The summed E-state index contributed by atoms with van der Waals surface area (Å²) in [5.41, 5.74) is 4.34. The fraction of sp³-hybridized carbons (Fsp3) is 0.318. The second-order valence-electron chi connectivity index (χ2n) is 7.96. The second kappa shape index (κ2) is 9.23. The Hall–Kier alpha value is -2.57. The Morgan fingerprint density at radius 2 is 1.41 bits per heavy atom. The minimum atomic E-state index is -4.94. The van der Waals surface area contributed by atoms with Crippen molar-refractivity contribution in [3.8, 4) is 0 Å². The Kier molecular flexibility index (Phi) is 6.67. The van der Waals surface area contributed by atoms with E-state index in [9.17, 15) is 30.4 Å². The molecule has 0 N–H and O–H groups in total. The van der Waals surface area contributed by atoms with Crippen LogP contribution in [0.3, 0.4) is 0 Å². The van der Waals surface area contributed by atoms with E-state index in [0.717, 1.165) is 16.8 Å². The van der Waals surface area contributed by atoms with Crippen LogP contribution in [0.1, 0.15) is 22.4 Å². The van der Waals surface area contributed by atoms with Gasteiger partial charge in [-0.05, 0) is 30.5 Å². The maximum Gasteiger partial charge on any atom is 0.249 e. The number of hydrogen-bond donors (Lipinski definition) is 0. The SMILES string of the molecule is Cc1cccc(C)c1Cc1csc(N2CCN(S(=O)(=O)c3c(F)c(F)c(F)c(F)c3F)CC2)n1. The number of aryl methyl sites for hydroxylation is 2. The summed E-state index contributed by atoms with van der Waals surface area (Å²) in [6.45, 7) is 3.94. The molecule has 34 heavy (non-hydrogen) atoms. The molecule has 0 saturated carbocycles. The number of hydrogen-bond acceptors (Lipinski definition) is 5. The van der Waals surface area contributed by atoms with Gasteiger partial charge in [0, 0.05) is 38.0 Å². The van der Waals surface area contributed by atoms with E-state index >= 15 is 0 Å². The average molecular weight is 518 g/mol. The van der Waals surface area contributed by atoms with Gasteiger partial charge < -0.3 is 4.90 Å². The molecule has 0 radical (unpaired) electrons. The van der Waals surface area contributed by atoms with Gasteiger partial charge in [0.2, 0.25) is 15.8 Å². The van der Waals surface area contributed by atoms with Crippen LogP contribution >= 0.6 is 11.3 Å². The highest BCUT2D eigenvalue weighted by atomic mass is 32.2. The van der Waals surface area contributed by atoms with Gasteiger partial charge in [-0.3, -0.25) is 0 Å². The predicted molar refractivity (Wildman–Crippen MR) is 118 cm³/mol. The molecule has 0 aliphatic carbocycles. The Balaban J connectivity index is 1.49. The fourth-order valence-electron chi connectivity index (χ4n) is 3.89. The smallest absolute Gasteiger partial charge is 0.249 e. The maximum atomic E-state index is 14.1. The van der Waals surface area contributed by atoms with Gasteiger partial charge in [0.25, 0.3) is 0 Å². The predicted octanol–water partition coefficient (Wildman–Crippen LogP) is 4.56. The summed E-state index contributed by atoms with van der Waals surface area (Å²) in [6, 6.07) is 6.04. The first-order valence-corrected chi connectivity index (χ1v) is 12.6. The van der Waals surface area contributed by atoms with E-state index in [4.69, 9.17) is 0 Å². The number of benzene rings is 2. The molecular weight excluding hydrogens is 497 g/mol. The van der Waals surface area contributed by atoms with E-state index in [0.29, 0.717) is 15.9 Å². The van der Waals surface area contributed by atoms with E-state index in [1.165, 1.54) is 16.9 Å². The monoisotopic (exact) mass is 517 g/mol. The summed E-state index contributed by atoms with van der Waals surface area (Å²) in [5, 5.41) is 2.58.